The van der Waals surface area contributed by atoms with Crippen molar-refractivity contribution in [2.24, 2.45) is 0 Å². The van der Waals surface area contributed by atoms with Gasteiger partial charge in [0, 0.05) is 12.4 Å². The molecule has 0 unspecified atom stereocenters. The van der Waals surface area contributed by atoms with Gasteiger partial charge in [-0.1, -0.05) is 25.8 Å². The molecule has 0 bridgehead atoms. The molecular formula is C18H27N3O. The Kier molecular flexibility index (Phi) is 4.77. The molecule has 0 spiro atoms. The number of nitrogens with zero attached hydrogens (tertiary/aromatic N) is 2. The Hall–Kier alpha value is -1.42. The molecule has 120 valence electrons. The van der Waals surface area contributed by atoms with E-state index in [0.717, 1.165) is 37.9 Å². The molecule has 1 aliphatic heterocycles. The first-order valence-electron chi connectivity index (χ1n) is 8.72. The summed E-state index contributed by atoms with van der Waals surface area (Å²) in [6, 6.07) is 4.07. The molecule has 1 aromatic heterocycles. The molecule has 3 rings (SSSR count). The highest BCUT2D eigenvalue weighted by Gasteiger charge is 2.47. The Balaban J connectivity index is 1.76. The predicted molar refractivity (Wildman–Crippen MR) is 87.4 cm³/mol. The summed E-state index contributed by atoms with van der Waals surface area (Å²) < 4.78 is 0. The van der Waals surface area contributed by atoms with Gasteiger partial charge >= 0.3 is 0 Å². The topological polar surface area (TPSA) is 45.2 Å². The fraction of sp³-hybridized carbons (Fsp3) is 0.667. The third-order valence-corrected chi connectivity index (χ3v) is 5.37. The number of hydrogen-bond donors (Lipinski definition) is 1. The van der Waals surface area contributed by atoms with Crippen molar-refractivity contribution in [1.82, 2.24) is 15.2 Å². The number of amides is 1. The predicted octanol–water partition coefficient (Wildman–Crippen LogP) is 3.06. The van der Waals surface area contributed by atoms with Crippen LogP contribution in [0.4, 0.5) is 0 Å². The van der Waals surface area contributed by atoms with Gasteiger partial charge in [-0.25, -0.2) is 0 Å². The van der Waals surface area contributed by atoms with Crippen molar-refractivity contribution in [3.05, 3.63) is 30.1 Å². The third kappa shape index (κ3) is 2.89. The van der Waals surface area contributed by atoms with Crippen LogP contribution in [0.25, 0.3) is 0 Å². The lowest BCUT2D eigenvalue weighted by Crippen LogP contribution is -2.56. The Bertz CT molecular complexity index is 490. The summed E-state index contributed by atoms with van der Waals surface area (Å²) in [6.07, 6.45) is 11.4. The number of hydrogen-bond acceptors (Lipinski definition) is 3. The quantitative estimate of drug-likeness (QED) is 0.909. The molecule has 1 amide bonds. The van der Waals surface area contributed by atoms with E-state index in [-0.39, 0.29) is 17.5 Å². The molecule has 1 atom stereocenters. The molecule has 1 aromatic rings. The lowest BCUT2D eigenvalue weighted by molar-refractivity contribution is -0.133. The molecule has 2 fully saturated rings. The van der Waals surface area contributed by atoms with Crippen LogP contribution in [0.2, 0.25) is 0 Å². The van der Waals surface area contributed by atoms with Gasteiger partial charge in [0.15, 0.2) is 0 Å². The zero-order valence-electron chi connectivity index (χ0n) is 13.6. The zero-order chi connectivity index (χ0) is 15.4. The van der Waals surface area contributed by atoms with Crippen LogP contribution in [0.3, 0.4) is 0 Å². The molecule has 2 aliphatic rings. The lowest BCUT2D eigenvalue weighted by atomic mass is 9.93. The molecule has 0 aromatic carbocycles. The largest absolute Gasteiger partial charge is 0.348 e. The maximum Gasteiger partial charge on any atom is 0.241 e. The number of aromatic nitrogens is 1. The molecule has 0 radical (unpaired) electrons. The average Bonchev–Trinajstić information content (AvgIpc) is 3.24. The van der Waals surface area contributed by atoms with Crippen LogP contribution in [0.15, 0.2) is 24.5 Å². The minimum atomic E-state index is -0.244. The highest BCUT2D eigenvalue weighted by atomic mass is 16.2. The van der Waals surface area contributed by atoms with Gasteiger partial charge in [0.25, 0.3) is 0 Å². The fourth-order valence-electron chi connectivity index (χ4n) is 4.09. The van der Waals surface area contributed by atoms with Crippen LogP contribution in [-0.2, 0) is 4.79 Å². The van der Waals surface area contributed by atoms with Gasteiger partial charge in [0.05, 0.1) is 6.04 Å². The first-order valence-corrected chi connectivity index (χ1v) is 8.72. The van der Waals surface area contributed by atoms with Crippen molar-refractivity contribution in [2.75, 3.05) is 13.1 Å². The standard InChI is InChI=1S/C18H27N3O/c1-2-16(15-8-7-11-19-14-15)20-17(22)18(9-3-4-10-18)21-12-5-6-13-21/h7-8,11,14,16H,2-6,9-10,12-13H2,1H3,(H,20,22)/t16-/m0/s1. The first-order chi connectivity index (χ1) is 10.8. The maximum atomic E-state index is 13.1. The van der Waals surface area contributed by atoms with Crippen LogP contribution in [0, 0.1) is 0 Å². The minimum absolute atomic E-state index is 0.0706. The summed E-state index contributed by atoms with van der Waals surface area (Å²) in [5.41, 5.74) is 0.861. The molecule has 2 heterocycles. The van der Waals surface area contributed by atoms with Crippen molar-refractivity contribution in [3.8, 4) is 0 Å². The molecule has 22 heavy (non-hydrogen) atoms. The molecule has 1 saturated carbocycles. The second-order valence-electron chi connectivity index (χ2n) is 6.65. The Morgan fingerprint density at radius 1 is 1.32 bits per heavy atom. The summed E-state index contributed by atoms with van der Waals surface area (Å²) in [4.78, 5) is 19.8. The van der Waals surface area contributed by atoms with E-state index in [0.29, 0.717) is 0 Å². The van der Waals surface area contributed by atoms with E-state index in [2.05, 4.69) is 28.2 Å². The highest BCUT2D eigenvalue weighted by Crippen LogP contribution is 2.38. The SMILES string of the molecule is CC[C@H](NC(=O)C1(N2CCCC2)CCCC1)c1cccnc1. The number of rotatable bonds is 5. The second-order valence-corrected chi connectivity index (χ2v) is 6.65. The molecule has 1 saturated heterocycles. The van der Waals surface area contributed by atoms with Crippen molar-refractivity contribution < 1.29 is 4.79 Å². The van der Waals surface area contributed by atoms with E-state index in [4.69, 9.17) is 0 Å². The van der Waals surface area contributed by atoms with Gasteiger partial charge < -0.3 is 5.32 Å². The van der Waals surface area contributed by atoms with E-state index >= 15 is 0 Å². The van der Waals surface area contributed by atoms with Gasteiger partial charge in [-0.2, -0.15) is 0 Å². The molecule has 1 N–H and O–H groups in total. The molecular weight excluding hydrogens is 274 g/mol. The van der Waals surface area contributed by atoms with Crippen molar-refractivity contribution in [1.29, 1.82) is 0 Å². The van der Waals surface area contributed by atoms with E-state index in [9.17, 15) is 4.79 Å². The first kappa shape index (κ1) is 15.5. The van der Waals surface area contributed by atoms with Gasteiger partial charge in [0.2, 0.25) is 5.91 Å². The van der Waals surface area contributed by atoms with E-state index in [1.807, 2.05) is 12.3 Å². The van der Waals surface area contributed by atoms with Gasteiger partial charge in [-0.15, -0.1) is 0 Å². The van der Waals surface area contributed by atoms with Crippen LogP contribution < -0.4 is 5.32 Å². The number of likely N-dealkylation sites (tertiary alicyclic amines) is 1. The summed E-state index contributed by atoms with van der Waals surface area (Å²) in [6.45, 7) is 4.28. The third-order valence-electron chi connectivity index (χ3n) is 5.37. The molecule has 1 aliphatic carbocycles. The summed E-state index contributed by atoms with van der Waals surface area (Å²) in [5, 5.41) is 3.32. The van der Waals surface area contributed by atoms with E-state index in [1.165, 1.54) is 25.7 Å². The average molecular weight is 301 g/mol. The van der Waals surface area contributed by atoms with Crippen LogP contribution in [-0.4, -0.2) is 34.4 Å². The van der Waals surface area contributed by atoms with E-state index in [1.54, 1.807) is 6.20 Å². The number of carbonyl (C=O) groups excluding carboxylic acids is 1. The Morgan fingerprint density at radius 3 is 2.64 bits per heavy atom. The fourth-order valence-corrected chi connectivity index (χ4v) is 4.09. The summed E-state index contributed by atoms with van der Waals surface area (Å²) >= 11 is 0. The van der Waals surface area contributed by atoms with Crippen LogP contribution in [0.1, 0.15) is 63.5 Å². The van der Waals surface area contributed by atoms with Crippen molar-refractivity contribution in [2.45, 2.75) is 63.5 Å². The normalized spacial score (nSPS) is 22.6. The van der Waals surface area contributed by atoms with Gasteiger partial charge in [-0.3, -0.25) is 14.7 Å². The Labute approximate surface area is 133 Å². The summed E-state index contributed by atoms with van der Waals surface area (Å²) in [7, 11) is 0. The molecule has 4 nitrogen and oxygen atoms in total. The molecule has 4 heteroatoms. The minimum Gasteiger partial charge on any atom is -0.348 e. The Morgan fingerprint density at radius 2 is 2.05 bits per heavy atom. The smallest absolute Gasteiger partial charge is 0.241 e. The van der Waals surface area contributed by atoms with Crippen LogP contribution in [0.5, 0.6) is 0 Å². The summed E-state index contributed by atoms with van der Waals surface area (Å²) in [5.74, 6) is 0.239. The lowest BCUT2D eigenvalue weighted by Gasteiger charge is -2.38. The van der Waals surface area contributed by atoms with Crippen molar-refractivity contribution in [3.63, 3.8) is 0 Å². The van der Waals surface area contributed by atoms with Crippen LogP contribution >= 0.6 is 0 Å². The maximum absolute atomic E-state index is 13.1. The van der Waals surface area contributed by atoms with Gasteiger partial charge in [-0.05, 0) is 56.8 Å². The second kappa shape index (κ2) is 6.78. The van der Waals surface area contributed by atoms with E-state index < -0.39 is 0 Å². The monoisotopic (exact) mass is 301 g/mol. The number of pyridine rings is 1. The van der Waals surface area contributed by atoms with Crippen molar-refractivity contribution >= 4 is 5.91 Å². The zero-order valence-corrected chi connectivity index (χ0v) is 13.6. The van der Waals surface area contributed by atoms with Gasteiger partial charge in [0.1, 0.15) is 5.54 Å². The number of carbonyl (C=O) groups is 1. The highest BCUT2D eigenvalue weighted by molar-refractivity contribution is 5.87. The number of nitrogens with one attached hydrogen (secondary N) is 1.